The maximum atomic E-state index is 4.36. The number of allylic oxidation sites excluding steroid dienone is 4. The largest absolute Gasteiger partial charge is 0.314 e. The Kier molecular flexibility index (Phi) is 8.28. The van der Waals surface area contributed by atoms with E-state index in [1.807, 2.05) is 13.0 Å². The number of fused-ring (bicyclic) bond motifs is 4. The fourth-order valence-corrected chi connectivity index (χ4v) is 8.66. The number of aryl methyl sites for hydroxylation is 1. The lowest BCUT2D eigenvalue weighted by Crippen LogP contribution is -2.29. The average Bonchev–Trinajstić information content (AvgIpc) is 3.46. The van der Waals surface area contributed by atoms with Crippen molar-refractivity contribution in [2.45, 2.75) is 39.0 Å². The lowest BCUT2D eigenvalue weighted by atomic mass is 9.67. The zero-order valence-electron chi connectivity index (χ0n) is 29.8. The maximum absolute atomic E-state index is 4.36. The van der Waals surface area contributed by atoms with Crippen LogP contribution in [0, 0.1) is 13.8 Å². The third-order valence-corrected chi connectivity index (χ3v) is 11.0. The van der Waals surface area contributed by atoms with Gasteiger partial charge in [0.15, 0.2) is 0 Å². The molecule has 0 saturated carbocycles. The van der Waals surface area contributed by atoms with Gasteiger partial charge >= 0.3 is 0 Å². The van der Waals surface area contributed by atoms with Gasteiger partial charge in [-0.25, -0.2) is 0 Å². The van der Waals surface area contributed by atoms with Crippen molar-refractivity contribution >= 4 is 29.1 Å². The Morgan fingerprint density at radius 2 is 1.33 bits per heavy atom. The summed E-state index contributed by atoms with van der Waals surface area (Å²) in [6, 6.07) is 49.5. The first-order valence-electron chi connectivity index (χ1n) is 18.0. The topological polar surface area (TPSA) is 3.24 Å². The summed E-state index contributed by atoms with van der Waals surface area (Å²) in [5.74, 6) is 0. The van der Waals surface area contributed by atoms with E-state index in [0.29, 0.717) is 0 Å². The van der Waals surface area contributed by atoms with E-state index in [-0.39, 0.29) is 0 Å². The SMILES string of the molecule is C=Cc1ccc2c(c1C)CCC(N(c1ccc(C(=C)/C=C\C)c(C)c1)c1ccc3c(c1)C(c1ccccc1)(c1ccccc1)c1ccccc1-3)=C2. The zero-order chi connectivity index (χ0) is 35.1. The van der Waals surface area contributed by atoms with Crippen molar-refractivity contribution in [3.8, 4) is 11.1 Å². The second-order valence-corrected chi connectivity index (χ2v) is 13.8. The van der Waals surface area contributed by atoms with Gasteiger partial charge in [-0.3, -0.25) is 0 Å². The predicted molar refractivity (Wildman–Crippen MR) is 218 cm³/mol. The molecule has 8 rings (SSSR count). The molecule has 248 valence electrons. The number of nitrogens with zero attached hydrogens (tertiary/aromatic N) is 1. The molecule has 0 aromatic heterocycles. The molecule has 0 fully saturated rings. The van der Waals surface area contributed by atoms with Crippen molar-refractivity contribution in [1.29, 1.82) is 0 Å². The summed E-state index contributed by atoms with van der Waals surface area (Å²) in [5.41, 5.74) is 19.5. The molecule has 0 spiro atoms. The van der Waals surface area contributed by atoms with Crippen molar-refractivity contribution in [2.75, 3.05) is 4.90 Å². The molecule has 1 nitrogen and oxygen atoms in total. The number of rotatable bonds is 8. The molecule has 0 saturated heterocycles. The van der Waals surface area contributed by atoms with Crippen LogP contribution in [0.5, 0.6) is 0 Å². The Labute approximate surface area is 303 Å². The van der Waals surface area contributed by atoms with Gasteiger partial charge in [-0.1, -0.05) is 141 Å². The Balaban J connectivity index is 1.38. The van der Waals surface area contributed by atoms with E-state index in [4.69, 9.17) is 0 Å². The first kappa shape index (κ1) is 32.3. The summed E-state index contributed by atoms with van der Waals surface area (Å²) >= 11 is 0. The van der Waals surface area contributed by atoms with Gasteiger partial charge in [-0.15, -0.1) is 0 Å². The Bertz CT molecular complexity index is 2330. The monoisotopic (exact) mass is 657 g/mol. The zero-order valence-corrected chi connectivity index (χ0v) is 29.8. The quantitative estimate of drug-likeness (QED) is 0.147. The minimum absolute atomic E-state index is 0.466. The first-order chi connectivity index (χ1) is 24.9. The normalized spacial score (nSPS) is 14.0. The van der Waals surface area contributed by atoms with Gasteiger partial charge in [-0.05, 0) is 136 Å². The molecule has 0 unspecified atom stereocenters. The molecular weight excluding hydrogens is 615 g/mol. The third kappa shape index (κ3) is 5.24. The van der Waals surface area contributed by atoms with Crippen LogP contribution in [0.25, 0.3) is 28.9 Å². The molecule has 0 radical (unpaired) electrons. The molecule has 6 aromatic rings. The highest BCUT2D eigenvalue weighted by Crippen LogP contribution is 2.57. The summed E-state index contributed by atoms with van der Waals surface area (Å²) in [6.45, 7) is 14.9. The van der Waals surface area contributed by atoms with Crippen LogP contribution in [0.2, 0.25) is 0 Å². The molecule has 1 heteroatoms. The molecule has 0 N–H and O–H groups in total. The van der Waals surface area contributed by atoms with E-state index in [9.17, 15) is 0 Å². The van der Waals surface area contributed by atoms with Crippen molar-refractivity contribution < 1.29 is 0 Å². The van der Waals surface area contributed by atoms with Crippen molar-refractivity contribution in [2.24, 2.45) is 0 Å². The van der Waals surface area contributed by atoms with Gasteiger partial charge in [0.1, 0.15) is 0 Å². The minimum Gasteiger partial charge on any atom is -0.314 e. The second kappa shape index (κ2) is 13.1. The lowest BCUT2D eigenvalue weighted by molar-refractivity contribution is 0.768. The summed E-state index contributed by atoms with van der Waals surface area (Å²) in [4.78, 5) is 2.50. The van der Waals surface area contributed by atoms with Crippen molar-refractivity contribution in [3.05, 3.63) is 220 Å². The van der Waals surface area contributed by atoms with Crippen LogP contribution >= 0.6 is 0 Å². The fraction of sp³-hybridized carbons (Fsp3) is 0.120. The smallest absolute Gasteiger partial charge is 0.0714 e. The van der Waals surface area contributed by atoms with Gasteiger partial charge < -0.3 is 4.90 Å². The molecular formula is C50H43N. The van der Waals surface area contributed by atoms with Gasteiger partial charge in [0.05, 0.1) is 5.41 Å². The van der Waals surface area contributed by atoms with Crippen LogP contribution in [0.4, 0.5) is 11.4 Å². The van der Waals surface area contributed by atoms with E-state index in [1.54, 1.807) is 0 Å². The van der Waals surface area contributed by atoms with Crippen LogP contribution < -0.4 is 4.90 Å². The van der Waals surface area contributed by atoms with Gasteiger partial charge in [-0.2, -0.15) is 0 Å². The van der Waals surface area contributed by atoms with E-state index >= 15 is 0 Å². The van der Waals surface area contributed by atoms with Crippen LogP contribution in [0.1, 0.15) is 69.0 Å². The van der Waals surface area contributed by atoms with E-state index in [2.05, 4.69) is 184 Å². The highest BCUT2D eigenvalue weighted by Gasteiger charge is 2.46. The lowest BCUT2D eigenvalue weighted by Gasteiger charge is -2.36. The van der Waals surface area contributed by atoms with Crippen LogP contribution in [0.3, 0.4) is 0 Å². The summed E-state index contributed by atoms with van der Waals surface area (Å²) < 4.78 is 0. The fourth-order valence-electron chi connectivity index (χ4n) is 8.66. The second-order valence-electron chi connectivity index (χ2n) is 13.8. The number of hydrogen-bond acceptors (Lipinski definition) is 1. The maximum Gasteiger partial charge on any atom is 0.0714 e. The van der Waals surface area contributed by atoms with E-state index in [1.165, 1.54) is 72.5 Å². The van der Waals surface area contributed by atoms with Gasteiger partial charge in [0.25, 0.3) is 0 Å². The molecule has 0 atom stereocenters. The van der Waals surface area contributed by atoms with E-state index in [0.717, 1.165) is 29.8 Å². The molecule has 6 aromatic carbocycles. The molecule has 2 aliphatic carbocycles. The Hall–Kier alpha value is -5.92. The van der Waals surface area contributed by atoms with Crippen LogP contribution in [-0.2, 0) is 11.8 Å². The third-order valence-electron chi connectivity index (χ3n) is 11.0. The number of hydrogen-bond donors (Lipinski definition) is 0. The van der Waals surface area contributed by atoms with Crippen LogP contribution in [0.15, 0.2) is 164 Å². The minimum atomic E-state index is -0.466. The predicted octanol–water partition coefficient (Wildman–Crippen LogP) is 13.0. The number of anilines is 2. The van der Waals surface area contributed by atoms with Crippen molar-refractivity contribution in [1.82, 2.24) is 0 Å². The highest BCUT2D eigenvalue weighted by molar-refractivity contribution is 5.89. The summed E-state index contributed by atoms with van der Waals surface area (Å²) in [6.07, 6.45) is 10.4. The molecule has 51 heavy (non-hydrogen) atoms. The number of benzene rings is 6. The molecule has 0 heterocycles. The van der Waals surface area contributed by atoms with E-state index < -0.39 is 5.41 Å². The Morgan fingerprint density at radius 1 is 0.686 bits per heavy atom. The van der Waals surface area contributed by atoms with Gasteiger partial charge in [0, 0.05) is 17.1 Å². The molecule has 2 aliphatic rings. The standard InChI is InChI=1S/C50H43N/c1-6-16-34(3)44-28-25-41(31-35(44)4)51(42-26-29-45-36(5)37(7-2)23-24-38(45)32-42)43-27-30-47-46-21-14-15-22-48(46)50(49(47)33-43,39-17-10-8-11-18-39)40-19-12-9-13-20-40/h6-25,27-28,30-33H,2-3,26,29H2,1,4-5H3/b16-6-. The van der Waals surface area contributed by atoms with Crippen LogP contribution in [-0.4, -0.2) is 0 Å². The van der Waals surface area contributed by atoms with Gasteiger partial charge in [0.2, 0.25) is 0 Å². The first-order valence-corrected chi connectivity index (χ1v) is 18.0. The average molecular weight is 658 g/mol. The Morgan fingerprint density at radius 3 is 2.02 bits per heavy atom. The summed E-state index contributed by atoms with van der Waals surface area (Å²) in [7, 11) is 0. The molecule has 0 bridgehead atoms. The van der Waals surface area contributed by atoms with Crippen molar-refractivity contribution in [3.63, 3.8) is 0 Å². The molecule has 0 amide bonds. The summed E-state index contributed by atoms with van der Waals surface area (Å²) in [5, 5.41) is 0. The molecule has 0 aliphatic heterocycles. The highest BCUT2D eigenvalue weighted by atomic mass is 15.1.